The van der Waals surface area contributed by atoms with E-state index < -0.39 is 18.2 Å². The first-order valence-corrected chi connectivity index (χ1v) is 25.3. The molecule has 0 fully saturated rings. The molecule has 0 rings (SSSR count). The maximum Gasteiger partial charge on any atom is 0.306 e. The number of hydrogen-bond acceptors (Lipinski definition) is 5. The zero-order valence-corrected chi connectivity index (χ0v) is 39.8. The molecule has 0 saturated heterocycles. The average molecular weight is 850 g/mol. The summed E-state index contributed by atoms with van der Waals surface area (Å²) < 4.78 is 5.86. The molecule has 3 atom stereocenters. The van der Waals surface area contributed by atoms with E-state index in [-0.39, 0.29) is 31.3 Å². The summed E-state index contributed by atoms with van der Waals surface area (Å²) >= 11 is 0. The van der Waals surface area contributed by atoms with Gasteiger partial charge in [0.25, 0.3) is 0 Å². The fourth-order valence-corrected chi connectivity index (χ4v) is 7.16. The molecule has 0 aliphatic rings. The number of carbonyl (C=O) groups excluding carboxylic acids is 2. The summed E-state index contributed by atoms with van der Waals surface area (Å²) in [5.74, 6) is -0.608. The van der Waals surface area contributed by atoms with Crippen molar-refractivity contribution in [2.45, 2.75) is 244 Å². The predicted octanol–water partition coefficient (Wildman–Crippen LogP) is 15.2. The highest BCUT2D eigenvalue weighted by atomic mass is 16.5. The maximum absolute atomic E-state index is 13.2. The van der Waals surface area contributed by atoms with E-state index in [0.29, 0.717) is 19.3 Å². The first-order valence-electron chi connectivity index (χ1n) is 25.3. The van der Waals surface area contributed by atoms with Crippen LogP contribution in [0.25, 0.3) is 0 Å². The van der Waals surface area contributed by atoms with Crippen LogP contribution in [0.4, 0.5) is 0 Å². The minimum atomic E-state index is -0.809. The van der Waals surface area contributed by atoms with E-state index in [0.717, 1.165) is 77.0 Å². The molecule has 0 aliphatic heterocycles. The third-order valence-corrected chi connectivity index (χ3v) is 11.0. The van der Waals surface area contributed by atoms with Crippen LogP contribution in [-0.2, 0) is 14.3 Å². The van der Waals surface area contributed by atoms with Crippen molar-refractivity contribution in [2.24, 2.45) is 0 Å². The van der Waals surface area contributed by atoms with Gasteiger partial charge in [-0.05, 0) is 83.5 Å². The Morgan fingerprint density at radius 1 is 0.492 bits per heavy atom. The van der Waals surface area contributed by atoms with Crippen molar-refractivity contribution in [3.63, 3.8) is 0 Å². The van der Waals surface area contributed by atoms with E-state index in [4.69, 9.17) is 4.74 Å². The van der Waals surface area contributed by atoms with Crippen LogP contribution in [0.5, 0.6) is 0 Å². The number of aliphatic hydroxyl groups is 2. The van der Waals surface area contributed by atoms with Gasteiger partial charge in [0.2, 0.25) is 5.91 Å². The second-order valence-corrected chi connectivity index (χ2v) is 16.8. The second kappa shape index (κ2) is 48.1. The summed E-state index contributed by atoms with van der Waals surface area (Å²) in [4.78, 5) is 26.1. The normalized spacial score (nSPS) is 14.0. The van der Waals surface area contributed by atoms with E-state index in [9.17, 15) is 19.8 Å². The molecule has 0 aliphatic carbocycles. The minimum Gasteiger partial charge on any atom is -0.462 e. The van der Waals surface area contributed by atoms with Gasteiger partial charge < -0.3 is 20.3 Å². The zero-order valence-electron chi connectivity index (χ0n) is 39.8. The Kier molecular flexibility index (Phi) is 45.7. The average Bonchev–Trinajstić information content (AvgIpc) is 3.25. The number of rotatable bonds is 44. The van der Waals surface area contributed by atoms with E-state index in [1.54, 1.807) is 0 Å². The molecule has 6 heteroatoms. The Bertz CT molecular complexity index is 1180. The summed E-state index contributed by atoms with van der Waals surface area (Å²) in [6.07, 6.45) is 62.3. The van der Waals surface area contributed by atoms with Gasteiger partial charge in [-0.1, -0.05) is 215 Å². The Morgan fingerprint density at radius 2 is 0.902 bits per heavy atom. The number of nitrogens with one attached hydrogen (secondary N) is 1. The molecule has 61 heavy (non-hydrogen) atoms. The van der Waals surface area contributed by atoms with Crippen molar-refractivity contribution in [2.75, 3.05) is 6.61 Å². The van der Waals surface area contributed by atoms with Crippen LogP contribution in [0.15, 0.2) is 85.1 Å². The van der Waals surface area contributed by atoms with Crippen molar-refractivity contribution in [1.82, 2.24) is 5.32 Å². The maximum atomic E-state index is 13.2. The number of amides is 1. The van der Waals surface area contributed by atoms with Gasteiger partial charge in [0.05, 0.1) is 25.2 Å². The van der Waals surface area contributed by atoms with Gasteiger partial charge in [0, 0.05) is 6.42 Å². The molecule has 0 aromatic rings. The highest BCUT2D eigenvalue weighted by molar-refractivity contribution is 5.77. The highest BCUT2D eigenvalue weighted by Crippen LogP contribution is 2.16. The summed E-state index contributed by atoms with van der Waals surface area (Å²) in [6, 6.07) is -0.727. The van der Waals surface area contributed by atoms with Crippen molar-refractivity contribution >= 4 is 11.9 Å². The summed E-state index contributed by atoms with van der Waals surface area (Å²) in [5.41, 5.74) is 0. The Balaban J connectivity index is 4.72. The number of hydrogen-bond donors (Lipinski definition) is 3. The van der Waals surface area contributed by atoms with Crippen LogP contribution in [0.1, 0.15) is 226 Å². The van der Waals surface area contributed by atoms with E-state index in [1.807, 2.05) is 6.08 Å². The molecule has 0 saturated carbocycles. The SMILES string of the molecule is CC/C=C\C/C=C\C/C=C\C/C=C\C/C=C\C/C=C\CCC(=O)OC(CCC/C=C\CCCCCCCCC)CC(=O)NC(CO)C(O)CCCCCCCCCCCCC. The number of ether oxygens (including phenoxy) is 1. The number of esters is 1. The Labute approximate surface area is 376 Å². The molecule has 0 bridgehead atoms. The Morgan fingerprint density at radius 3 is 1.38 bits per heavy atom. The second-order valence-electron chi connectivity index (χ2n) is 16.8. The van der Waals surface area contributed by atoms with E-state index in [2.05, 4.69) is 105 Å². The number of carbonyl (C=O) groups is 2. The monoisotopic (exact) mass is 850 g/mol. The highest BCUT2D eigenvalue weighted by Gasteiger charge is 2.23. The van der Waals surface area contributed by atoms with Gasteiger partial charge in [-0.3, -0.25) is 9.59 Å². The van der Waals surface area contributed by atoms with Crippen LogP contribution in [0.2, 0.25) is 0 Å². The van der Waals surface area contributed by atoms with E-state index in [1.165, 1.54) is 96.3 Å². The van der Waals surface area contributed by atoms with Crippen molar-refractivity contribution in [3.8, 4) is 0 Å². The minimum absolute atomic E-state index is 0.0229. The lowest BCUT2D eigenvalue weighted by Gasteiger charge is -2.24. The molecule has 0 heterocycles. The number of unbranched alkanes of at least 4 members (excludes halogenated alkanes) is 18. The third kappa shape index (κ3) is 43.5. The van der Waals surface area contributed by atoms with Crippen molar-refractivity contribution in [3.05, 3.63) is 85.1 Å². The topological polar surface area (TPSA) is 95.9 Å². The van der Waals surface area contributed by atoms with Gasteiger partial charge in [0.15, 0.2) is 0 Å². The Hall–Kier alpha value is -2.96. The molecule has 3 N–H and O–H groups in total. The lowest BCUT2D eigenvalue weighted by molar-refractivity contribution is -0.150. The summed E-state index contributed by atoms with van der Waals surface area (Å²) in [5, 5.41) is 23.7. The zero-order chi connectivity index (χ0) is 44.5. The van der Waals surface area contributed by atoms with Crippen LogP contribution in [0, 0.1) is 0 Å². The van der Waals surface area contributed by atoms with Gasteiger partial charge in [0.1, 0.15) is 6.10 Å². The molecular formula is C55H95NO5. The van der Waals surface area contributed by atoms with Crippen LogP contribution >= 0.6 is 0 Å². The molecule has 0 spiro atoms. The largest absolute Gasteiger partial charge is 0.462 e. The van der Waals surface area contributed by atoms with Crippen molar-refractivity contribution < 1.29 is 24.5 Å². The number of allylic oxidation sites excluding steroid dienone is 14. The molecule has 1 amide bonds. The summed E-state index contributed by atoms with van der Waals surface area (Å²) in [7, 11) is 0. The smallest absolute Gasteiger partial charge is 0.306 e. The number of aliphatic hydroxyl groups excluding tert-OH is 2. The molecule has 3 unspecified atom stereocenters. The first kappa shape index (κ1) is 58.0. The van der Waals surface area contributed by atoms with Crippen molar-refractivity contribution in [1.29, 1.82) is 0 Å². The molecular weight excluding hydrogens is 755 g/mol. The molecule has 0 radical (unpaired) electrons. The fourth-order valence-electron chi connectivity index (χ4n) is 7.16. The standard InChI is InChI=1S/C55H95NO5/c1-4-7-10-13-16-19-22-24-25-26-27-28-29-30-33-36-39-42-45-48-55(60)61-51(46-43-40-37-34-32-23-20-17-14-11-8-5-2)49-54(59)56-52(50-57)53(58)47-44-41-38-35-31-21-18-15-12-9-6-3/h7,10,16,19,24-25,27-28,30,33-34,37,39,42,51-53,57-58H,4-6,8-9,11-15,17-18,20-23,26,29,31-32,35-36,38,40-41,43-50H2,1-3H3,(H,56,59)/b10-7-,19-16-,25-24-,28-27-,33-30-,37-34-,42-39-. The van der Waals surface area contributed by atoms with Gasteiger partial charge in [-0.25, -0.2) is 0 Å². The molecule has 350 valence electrons. The lowest BCUT2D eigenvalue weighted by atomic mass is 10.0. The fraction of sp³-hybridized carbons (Fsp3) is 0.709. The molecule has 0 aromatic carbocycles. The van der Waals surface area contributed by atoms with Crippen LogP contribution < -0.4 is 5.32 Å². The van der Waals surface area contributed by atoms with Crippen LogP contribution in [0.3, 0.4) is 0 Å². The quantitative estimate of drug-likeness (QED) is 0.0322. The third-order valence-electron chi connectivity index (χ3n) is 11.0. The van der Waals surface area contributed by atoms with Gasteiger partial charge in [-0.2, -0.15) is 0 Å². The predicted molar refractivity (Wildman–Crippen MR) is 264 cm³/mol. The lowest BCUT2D eigenvalue weighted by Crippen LogP contribution is -2.46. The molecule has 0 aromatic heterocycles. The van der Waals surface area contributed by atoms with Gasteiger partial charge >= 0.3 is 5.97 Å². The summed E-state index contributed by atoms with van der Waals surface area (Å²) in [6.45, 7) is 6.32. The molecule has 6 nitrogen and oxygen atoms in total. The first-order chi connectivity index (χ1) is 30.0. The van der Waals surface area contributed by atoms with Crippen LogP contribution in [-0.4, -0.2) is 46.9 Å². The van der Waals surface area contributed by atoms with E-state index >= 15 is 0 Å². The van der Waals surface area contributed by atoms with Gasteiger partial charge in [-0.15, -0.1) is 0 Å².